The highest BCUT2D eigenvalue weighted by molar-refractivity contribution is 6.30. The van der Waals surface area contributed by atoms with Crippen LogP contribution in [0, 0.1) is 5.82 Å². The van der Waals surface area contributed by atoms with E-state index in [2.05, 4.69) is 5.32 Å². The molecule has 1 amide bonds. The summed E-state index contributed by atoms with van der Waals surface area (Å²) in [5.74, 6) is -1.94. The maximum absolute atomic E-state index is 13.3. The lowest BCUT2D eigenvalue weighted by molar-refractivity contribution is 0.0732. The summed E-state index contributed by atoms with van der Waals surface area (Å²) in [5.41, 5.74) is 0.313. The minimum Gasteiger partial charge on any atom is -0.422 e. The summed E-state index contributed by atoms with van der Waals surface area (Å²) in [5, 5.41) is 2.87. The zero-order valence-corrected chi connectivity index (χ0v) is 11.8. The van der Waals surface area contributed by atoms with Crippen LogP contribution < -0.4 is 10.1 Å². The number of ether oxygens (including phenoxy) is 1. The van der Waals surface area contributed by atoms with E-state index in [-0.39, 0.29) is 16.9 Å². The molecule has 6 heteroatoms. The molecule has 0 fully saturated rings. The number of hydrogen-bond acceptors (Lipinski definition) is 3. The average Bonchev–Trinajstić information content (AvgIpc) is 2.47. The molecular formula is C15H11ClFNO3. The summed E-state index contributed by atoms with van der Waals surface area (Å²) in [6.45, 7) is 0. The minimum absolute atomic E-state index is 0.0706. The molecule has 0 aliphatic rings. The fourth-order valence-electron chi connectivity index (χ4n) is 1.65. The van der Waals surface area contributed by atoms with E-state index >= 15 is 0 Å². The van der Waals surface area contributed by atoms with Gasteiger partial charge in [-0.1, -0.05) is 11.6 Å². The number of esters is 1. The zero-order chi connectivity index (χ0) is 15.4. The van der Waals surface area contributed by atoms with Gasteiger partial charge in [0.2, 0.25) is 0 Å². The van der Waals surface area contributed by atoms with Crippen molar-refractivity contribution in [3.63, 3.8) is 0 Å². The summed E-state index contributed by atoms with van der Waals surface area (Å²) in [7, 11) is 1.43. The molecule has 0 radical (unpaired) electrons. The predicted octanol–water partition coefficient (Wildman–Crippen LogP) is 3.06. The first kappa shape index (κ1) is 15.0. The van der Waals surface area contributed by atoms with E-state index in [4.69, 9.17) is 16.3 Å². The van der Waals surface area contributed by atoms with Crippen LogP contribution in [0.3, 0.4) is 0 Å². The van der Waals surface area contributed by atoms with Crippen molar-refractivity contribution in [1.82, 2.24) is 5.32 Å². The monoisotopic (exact) mass is 307 g/mol. The first-order chi connectivity index (χ1) is 10.0. The lowest BCUT2D eigenvalue weighted by Crippen LogP contribution is -2.20. The van der Waals surface area contributed by atoms with Gasteiger partial charge in [-0.15, -0.1) is 0 Å². The molecule has 0 bridgehead atoms. The first-order valence-electron chi connectivity index (χ1n) is 6.00. The number of rotatable bonds is 3. The summed E-state index contributed by atoms with van der Waals surface area (Å²) in [4.78, 5) is 23.6. The number of carbonyl (C=O) groups is 2. The van der Waals surface area contributed by atoms with E-state index in [0.29, 0.717) is 5.02 Å². The number of amides is 1. The molecule has 108 valence electrons. The van der Waals surface area contributed by atoms with Gasteiger partial charge in [0.15, 0.2) is 0 Å². The molecule has 0 atom stereocenters. The van der Waals surface area contributed by atoms with Gasteiger partial charge >= 0.3 is 5.97 Å². The second kappa shape index (κ2) is 6.37. The second-order valence-electron chi connectivity index (χ2n) is 4.12. The van der Waals surface area contributed by atoms with Crippen LogP contribution in [0.5, 0.6) is 5.75 Å². The molecule has 21 heavy (non-hydrogen) atoms. The van der Waals surface area contributed by atoms with Crippen LogP contribution >= 0.6 is 11.6 Å². The molecule has 2 aromatic carbocycles. The third-order valence-corrected chi connectivity index (χ3v) is 2.95. The molecular weight excluding hydrogens is 297 g/mol. The standard InChI is InChI=1S/C15H11ClFNO3/c1-18-14(19)12-7-6-11(17)8-13(12)21-15(20)9-2-4-10(16)5-3-9/h2-8H,1H3,(H,18,19). The van der Waals surface area contributed by atoms with Gasteiger partial charge < -0.3 is 10.1 Å². The first-order valence-corrected chi connectivity index (χ1v) is 6.38. The van der Waals surface area contributed by atoms with Gasteiger partial charge in [0.05, 0.1) is 11.1 Å². The van der Waals surface area contributed by atoms with Gasteiger partial charge in [-0.3, -0.25) is 4.79 Å². The molecule has 0 aliphatic heterocycles. The fraction of sp³-hybridized carbons (Fsp3) is 0.0667. The van der Waals surface area contributed by atoms with E-state index in [9.17, 15) is 14.0 Å². The number of carbonyl (C=O) groups excluding carboxylic acids is 2. The topological polar surface area (TPSA) is 55.4 Å². The number of benzene rings is 2. The number of halogens is 2. The Balaban J connectivity index is 2.30. The van der Waals surface area contributed by atoms with Crippen LogP contribution in [-0.2, 0) is 0 Å². The molecule has 0 heterocycles. The highest BCUT2D eigenvalue weighted by atomic mass is 35.5. The van der Waals surface area contributed by atoms with E-state index < -0.39 is 17.7 Å². The summed E-state index contributed by atoms with van der Waals surface area (Å²) in [6.07, 6.45) is 0. The number of hydrogen-bond donors (Lipinski definition) is 1. The zero-order valence-electron chi connectivity index (χ0n) is 11.0. The van der Waals surface area contributed by atoms with Gasteiger partial charge in [0, 0.05) is 18.1 Å². The van der Waals surface area contributed by atoms with Gasteiger partial charge in [0.1, 0.15) is 11.6 Å². The van der Waals surface area contributed by atoms with E-state index in [1.807, 2.05) is 0 Å². The van der Waals surface area contributed by atoms with Crippen LogP contribution in [0.15, 0.2) is 42.5 Å². The maximum atomic E-state index is 13.3. The Kier molecular flexibility index (Phi) is 4.55. The van der Waals surface area contributed by atoms with E-state index in [0.717, 1.165) is 12.1 Å². The molecule has 0 spiro atoms. The van der Waals surface area contributed by atoms with Crippen molar-refractivity contribution in [2.75, 3.05) is 7.05 Å². The minimum atomic E-state index is -0.706. The molecule has 0 unspecified atom stereocenters. The smallest absolute Gasteiger partial charge is 0.343 e. The third-order valence-electron chi connectivity index (χ3n) is 2.70. The van der Waals surface area contributed by atoms with Crippen molar-refractivity contribution < 1.29 is 18.7 Å². The molecule has 0 saturated carbocycles. The molecule has 4 nitrogen and oxygen atoms in total. The van der Waals surface area contributed by atoms with Crippen LogP contribution in [0.4, 0.5) is 4.39 Å². The normalized spacial score (nSPS) is 10.0. The Labute approximate surface area is 125 Å². The molecule has 2 aromatic rings. The van der Waals surface area contributed by atoms with Crippen molar-refractivity contribution in [2.45, 2.75) is 0 Å². The van der Waals surface area contributed by atoms with Crippen molar-refractivity contribution in [1.29, 1.82) is 0 Å². The molecule has 0 saturated heterocycles. The lowest BCUT2D eigenvalue weighted by atomic mass is 10.1. The maximum Gasteiger partial charge on any atom is 0.343 e. The highest BCUT2D eigenvalue weighted by Gasteiger charge is 2.16. The van der Waals surface area contributed by atoms with Crippen molar-refractivity contribution >= 4 is 23.5 Å². The second-order valence-corrected chi connectivity index (χ2v) is 4.55. The van der Waals surface area contributed by atoms with E-state index in [1.165, 1.54) is 37.4 Å². The van der Waals surface area contributed by atoms with Crippen LogP contribution in [0.2, 0.25) is 5.02 Å². The lowest BCUT2D eigenvalue weighted by Gasteiger charge is -2.09. The van der Waals surface area contributed by atoms with Crippen molar-refractivity contribution in [3.05, 3.63) is 64.4 Å². The summed E-state index contributed by atoms with van der Waals surface area (Å²) in [6, 6.07) is 9.36. The van der Waals surface area contributed by atoms with Gasteiger partial charge in [0.25, 0.3) is 5.91 Å². The Bertz CT molecular complexity index is 686. The Morgan fingerprint density at radius 2 is 1.81 bits per heavy atom. The quantitative estimate of drug-likeness (QED) is 0.700. The average molecular weight is 308 g/mol. The van der Waals surface area contributed by atoms with Crippen molar-refractivity contribution in [3.8, 4) is 5.75 Å². The highest BCUT2D eigenvalue weighted by Crippen LogP contribution is 2.21. The summed E-state index contributed by atoms with van der Waals surface area (Å²) >= 11 is 5.73. The van der Waals surface area contributed by atoms with Gasteiger partial charge in [-0.2, -0.15) is 0 Å². The van der Waals surface area contributed by atoms with Crippen LogP contribution in [0.1, 0.15) is 20.7 Å². The van der Waals surface area contributed by atoms with Gasteiger partial charge in [-0.05, 0) is 36.4 Å². The Hall–Kier alpha value is -2.40. The molecule has 0 aromatic heterocycles. The van der Waals surface area contributed by atoms with E-state index in [1.54, 1.807) is 0 Å². The SMILES string of the molecule is CNC(=O)c1ccc(F)cc1OC(=O)c1ccc(Cl)cc1. The molecule has 2 rings (SSSR count). The number of nitrogens with one attached hydrogen (secondary N) is 1. The Morgan fingerprint density at radius 1 is 1.14 bits per heavy atom. The fourth-order valence-corrected chi connectivity index (χ4v) is 1.77. The van der Waals surface area contributed by atoms with Crippen LogP contribution in [-0.4, -0.2) is 18.9 Å². The van der Waals surface area contributed by atoms with Gasteiger partial charge in [-0.25, -0.2) is 9.18 Å². The summed E-state index contributed by atoms with van der Waals surface area (Å²) < 4.78 is 18.4. The predicted molar refractivity (Wildman–Crippen MR) is 76.2 cm³/mol. The molecule has 1 N–H and O–H groups in total. The third kappa shape index (κ3) is 3.58. The molecule has 0 aliphatic carbocycles. The van der Waals surface area contributed by atoms with Crippen LogP contribution in [0.25, 0.3) is 0 Å². The van der Waals surface area contributed by atoms with Crippen molar-refractivity contribution in [2.24, 2.45) is 0 Å². The largest absolute Gasteiger partial charge is 0.422 e. The Morgan fingerprint density at radius 3 is 2.43 bits per heavy atom.